The highest BCUT2D eigenvalue weighted by Gasteiger charge is 2.39. The Bertz CT molecular complexity index is 942. The minimum atomic E-state index is 0.159. The summed E-state index contributed by atoms with van der Waals surface area (Å²) >= 11 is 0. The van der Waals surface area contributed by atoms with Crippen LogP contribution in [0.15, 0.2) is 67.0 Å². The molecule has 5 rings (SSSR count). The molecule has 2 aliphatic carbocycles. The summed E-state index contributed by atoms with van der Waals surface area (Å²) in [6.07, 6.45) is 9.24. The van der Waals surface area contributed by atoms with Gasteiger partial charge in [-0.05, 0) is 73.6 Å². The van der Waals surface area contributed by atoms with Crippen LogP contribution in [-0.4, -0.2) is 26.6 Å². The van der Waals surface area contributed by atoms with Crippen molar-refractivity contribution >= 4 is 5.91 Å². The van der Waals surface area contributed by atoms with Crippen LogP contribution in [-0.2, 0) is 6.42 Å². The lowest BCUT2D eigenvalue weighted by atomic mass is 9.86. The molecule has 0 spiro atoms. The number of aryl methyl sites for hydroxylation is 1. The summed E-state index contributed by atoms with van der Waals surface area (Å²) in [7, 11) is 0. The van der Waals surface area contributed by atoms with E-state index in [2.05, 4.69) is 34.3 Å². The van der Waals surface area contributed by atoms with Crippen molar-refractivity contribution in [3.8, 4) is 5.69 Å². The Morgan fingerprint density at radius 1 is 1.00 bits per heavy atom. The molecule has 1 amide bonds. The van der Waals surface area contributed by atoms with Gasteiger partial charge in [0.2, 0.25) is 0 Å². The molecule has 1 heterocycles. The lowest BCUT2D eigenvalue weighted by molar-refractivity contribution is 0.0638. The zero-order valence-electron chi connectivity index (χ0n) is 15.3. The first kappa shape index (κ1) is 16.3. The van der Waals surface area contributed by atoms with E-state index in [1.165, 1.54) is 11.1 Å². The third-order valence-corrected chi connectivity index (χ3v) is 5.73. The van der Waals surface area contributed by atoms with Crippen molar-refractivity contribution in [1.82, 2.24) is 14.7 Å². The van der Waals surface area contributed by atoms with Crippen molar-refractivity contribution in [2.45, 2.75) is 44.2 Å². The van der Waals surface area contributed by atoms with Crippen LogP contribution in [0.25, 0.3) is 5.69 Å². The highest BCUT2D eigenvalue weighted by Crippen LogP contribution is 2.41. The molecule has 1 aromatic heterocycles. The normalized spacial score (nSPS) is 18.7. The van der Waals surface area contributed by atoms with Gasteiger partial charge in [0, 0.05) is 24.0 Å². The zero-order chi connectivity index (χ0) is 18.2. The van der Waals surface area contributed by atoms with Crippen molar-refractivity contribution in [1.29, 1.82) is 0 Å². The maximum Gasteiger partial charge on any atom is 0.254 e. The molecule has 0 saturated heterocycles. The van der Waals surface area contributed by atoms with Gasteiger partial charge in [0.25, 0.3) is 5.91 Å². The second kappa shape index (κ2) is 6.69. The van der Waals surface area contributed by atoms with Crippen LogP contribution >= 0.6 is 0 Å². The predicted octanol–water partition coefficient (Wildman–Crippen LogP) is 4.55. The van der Waals surface area contributed by atoms with Gasteiger partial charge in [0.1, 0.15) is 0 Å². The number of benzene rings is 2. The van der Waals surface area contributed by atoms with Gasteiger partial charge in [-0.3, -0.25) is 4.79 Å². The highest BCUT2D eigenvalue weighted by molar-refractivity contribution is 5.95. The van der Waals surface area contributed by atoms with E-state index >= 15 is 0 Å². The van der Waals surface area contributed by atoms with Gasteiger partial charge in [-0.2, -0.15) is 5.10 Å². The van der Waals surface area contributed by atoms with Crippen LogP contribution in [0.3, 0.4) is 0 Å². The van der Waals surface area contributed by atoms with E-state index in [0.29, 0.717) is 6.04 Å². The fourth-order valence-electron chi connectivity index (χ4n) is 4.26. The average Bonchev–Trinajstić information content (AvgIpc) is 3.40. The van der Waals surface area contributed by atoms with E-state index in [9.17, 15) is 4.79 Å². The number of aromatic nitrogens is 2. The monoisotopic (exact) mass is 357 g/mol. The van der Waals surface area contributed by atoms with Crippen molar-refractivity contribution < 1.29 is 4.79 Å². The van der Waals surface area contributed by atoms with Crippen molar-refractivity contribution in [3.05, 3.63) is 83.7 Å². The number of hydrogen-bond donors (Lipinski definition) is 0. The summed E-state index contributed by atoms with van der Waals surface area (Å²) < 4.78 is 1.81. The van der Waals surface area contributed by atoms with Crippen molar-refractivity contribution in [2.75, 3.05) is 0 Å². The van der Waals surface area contributed by atoms with Crippen LogP contribution in [0.2, 0.25) is 0 Å². The SMILES string of the molecule is O=C(c1ccc(-n2cccn2)cc1)N(C1CC1)C1CCCc2ccccc21. The van der Waals surface area contributed by atoms with Gasteiger partial charge in [0.05, 0.1) is 11.7 Å². The Hall–Kier alpha value is -2.88. The molecule has 27 heavy (non-hydrogen) atoms. The second-order valence-electron chi connectivity index (χ2n) is 7.55. The van der Waals surface area contributed by atoms with Gasteiger partial charge in [0.15, 0.2) is 0 Å². The van der Waals surface area contributed by atoms with Crippen LogP contribution in [0, 0.1) is 0 Å². The standard InChI is InChI=1S/C23H23N3O/c27-23(18-9-11-19(12-10-18)25-16-4-15-24-25)26(20-13-14-20)22-8-3-6-17-5-1-2-7-21(17)22/h1-2,4-5,7,9-12,15-16,20,22H,3,6,8,13-14H2. The molecule has 1 saturated carbocycles. The number of carbonyl (C=O) groups excluding carboxylic acids is 1. The van der Waals surface area contributed by atoms with Crippen LogP contribution in [0.1, 0.15) is 53.2 Å². The maximum atomic E-state index is 13.4. The van der Waals surface area contributed by atoms with Gasteiger partial charge in [-0.25, -0.2) is 4.68 Å². The number of amides is 1. The molecule has 136 valence electrons. The van der Waals surface area contributed by atoms with Crippen LogP contribution in [0.5, 0.6) is 0 Å². The molecule has 1 fully saturated rings. The Kier molecular flexibility index (Phi) is 4.04. The van der Waals surface area contributed by atoms with Crippen molar-refractivity contribution in [2.24, 2.45) is 0 Å². The van der Waals surface area contributed by atoms with Gasteiger partial charge < -0.3 is 4.90 Å². The quantitative estimate of drug-likeness (QED) is 0.687. The molecular weight excluding hydrogens is 334 g/mol. The minimum Gasteiger partial charge on any atom is -0.329 e. The maximum absolute atomic E-state index is 13.4. The Morgan fingerprint density at radius 3 is 2.56 bits per heavy atom. The fourth-order valence-corrected chi connectivity index (χ4v) is 4.26. The molecule has 2 aliphatic rings. The lowest BCUT2D eigenvalue weighted by Gasteiger charge is -2.36. The molecular formula is C23H23N3O. The number of hydrogen-bond acceptors (Lipinski definition) is 2. The molecule has 1 atom stereocenters. The van der Waals surface area contributed by atoms with Crippen LogP contribution < -0.4 is 0 Å². The molecule has 0 N–H and O–H groups in total. The Morgan fingerprint density at radius 2 is 1.81 bits per heavy atom. The Balaban J connectivity index is 1.45. The van der Waals surface area contributed by atoms with E-state index in [1.807, 2.05) is 41.2 Å². The summed E-state index contributed by atoms with van der Waals surface area (Å²) in [5, 5.41) is 4.25. The van der Waals surface area contributed by atoms with Gasteiger partial charge in [-0.15, -0.1) is 0 Å². The molecule has 3 aromatic rings. The summed E-state index contributed by atoms with van der Waals surface area (Å²) in [5.74, 6) is 0.159. The molecule has 0 bridgehead atoms. The first-order chi connectivity index (χ1) is 13.3. The summed E-state index contributed by atoms with van der Waals surface area (Å²) in [6, 6.07) is 18.9. The number of nitrogens with zero attached hydrogens (tertiary/aromatic N) is 3. The average molecular weight is 357 g/mol. The topological polar surface area (TPSA) is 38.1 Å². The second-order valence-corrected chi connectivity index (χ2v) is 7.55. The minimum absolute atomic E-state index is 0.159. The molecule has 0 radical (unpaired) electrons. The first-order valence-electron chi connectivity index (χ1n) is 9.82. The molecule has 2 aromatic carbocycles. The summed E-state index contributed by atoms with van der Waals surface area (Å²) in [6.45, 7) is 0. The Labute approximate surface area is 159 Å². The number of rotatable bonds is 4. The predicted molar refractivity (Wildman–Crippen MR) is 105 cm³/mol. The molecule has 0 aliphatic heterocycles. The van der Waals surface area contributed by atoms with E-state index in [1.54, 1.807) is 6.20 Å². The van der Waals surface area contributed by atoms with E-state index in [4.69, 9.17) is 0 Å². The smallest absolute Gasteiger partial charge is 0.254 e. The van der Waals surface area contributed by atoms with Crippen LogP contribution in [0.4, 0.5) is 0 Å². The lowest BCUT2D eigenvalue weighted by Crippen LogP contribution is -2.38. The van der Waals surface area contributed by atoms with Gasteiger partial charge >= 0.3 is 0 Å². The fraction of sp³-hybridized carbons (Fsp3) is 0.304. The molecule has 4 heteroatoms. The highest BCUT2D eigenvalue weighted by atomic mass is 16.2. The number of fused-ring (bicyclic) bond motifs is 1. The van der Waals surface area contributed by atoms with E-state index < -0.39 is 0 Å². The third-order valence-electron chi connectivity index (χ3n) is 5.73. The summed E-state index contributed by atoms with van der Waals surface area (Å²) in [4.78, 5) is 15.6. The molecule has 1 unspecified atom stereocenters. The van der Waals surface area contributed by atoms with E-state index in [-0.39, 0.29) is 11.9 Å². The van der Waals surface area contributed by atoms with E-state index in [0.717, 1.165) is 43.4 Å². The van der Waals surface area contributed by atoms with Gasteiger partial charge in [-0.1, -0.05) is 24.3 Å². The molecule has 4 nitrogen and oxygen atoms in total. The zero-order valence-corrected chi connectivity index (χ0v) is 15.3. The largest absolute Gasteiger partial charge is 0.329 e. The number of carbonyl (C=O) groups is 1. The first-order valence-corrected chi connectivity index (χ1v) is 9.82. The summed E-state index contributed by atoms with van der Waals surface area (Å²) in [5.41, 5.74) is 4.48. The third kappa shape index (κ3) is 3.05. The van der Waals surface area contributed by atoms with Crippen molar-refractivity contribution in [3.63, 3.8) is 0 Å².